The van der Waals surface area contributed by atoms with E-state index < -0.39 is 6.43 Å². The van der Waals surface area contributed by atoms with Crippen LogP contribution in [0.15, 0.2) is 6.07 Å². The van der Waals surface area contributed by atoms with Crippen molar-refractivity contribution in [1.82, 2.24) is 4.98 Å². The number of halogens is 3. The minimum atomic E-state index is -2.71. The average molecular weight is 218 g/mol. The maximum absolute atomic E-state index is 12.5. The van der Waals surface area contributed by atoms with E-state index in [2.05, 4.69) is 4.98 Å². The monoisotopic (exact) mass is 217 g/mol. The molecule has 14 heavy (non-hydrogen) atoms. The van der Waals surface area contributed by atoms with E-state index in [1.807, 2.05) is 0 Å². The third-order valence-electron chi connectivity index (χ3n) is 1.65. The molecule has 0 aliphatic heterocycles. The first-order chi connectivity index (χ1) is 6.60. The Balaban J connectivity index is 3.41. The molecule has 0 saturated heterocycles. The summed E-state index contributed by atoms with van der Waals surface area (Å²) < 4.78 is 24.9. The van der Waals surface area contributed by atoms with Crippen molar-refractivity contribution in [2.75, 3.05) is 5.73 Å². The molecule has 0 amide bonds. The first-order valence-electron chi connectivity index (χ1n) is 3.63. The molecule has 0 aliphatic rings. The fourth-order valence-electron chi connectivity index (χ4n) is 1.04. The highest BCUT2D eigenvalue weighted by molar-refractivity contribution is 6.17. The molecule has 0 atom stereocenters. The Bertz CT molecular complexity index is 387. The second kappa shape index (κ2) is 4.20. The number of aromatic nitrogens is 1. The van der Waals surface area contributed by atoms with Crippen molar-refractivity contribution in [3.63, 3.8) is 0 Å². The van der Waals surface area contributed by atoms with Crippen LogP contribution in [0.1, 0.15) is 23.2 Å². The van der Waals surface area contributed by atoms with Crippen molar-refractivity contribution < 1.29 is 8.78 Å². The van der Waals surface area contributed by atoms with Gasteiger partial charge in [0.25, 0.3) is 6.43 Å². The molecular formula is C8H6ClF2N3. The number of pyridine rings is 1. The van der Waals surface area contributed by atoms with Crippen molar-refractivity contribution in [2.24, 2.45) is 0 Å². The maximum atomic E-state index is 12.5. The van der Waals surface area contributed by atoms with Gasteiger partial charge in [-0.1, -0.05) is 0 Å². The first kappa shape index (κ1) is 10.7. The van der Waals surface area contributed by atoms with Gasteiger partial charge in [0.05, 0.1) is 5.88 Å². The quantitative estimate of drug-likeness (QED) is 0.773. The smallest absolute Gasteiger partial charge is 0.264 e. The van der Waals surface area contributed by atoms with Crippen molar-refractivity contribution >= 4 is 17.4 Å². The molecule has 0 fully saturated rings. The summed E-state index contributed by atoms with van der Waals surface area (Å²) in [6, 6.07) is 2.70. The van der Waals surface area contributed by atoms with E-state index in [1.54, 1.807) is 6.07 Å². The molecule has 3 nitrogen and oxygen atoms in total. The normalized spacial score (nSPS) is 10.2. The number of nitrogens with zero attached hydrogens (tertiary/aromatic N) is 2. The number of nitrogens with two attached hydrogens (primary N) is 1. The maximum Gasteiger partial charge on any atom is 0.264 e. The number of nitriles is 1. The van der Waals surface area contributed by atoms with E-state index in [1.165, 1.54) is 0 Å². The summed E-state index contributed by atoms with van der Waals surface area (Å²) in [4.78, 5) is 3.60. The molecule has 74 valence electrons. The molecule has 0 bridgehead atoms. The fraction of sp³-hybridized carbons (Fsp3) is 0.250. The van der Waals surface area contributed by atoms with E-state index in [0.29, 0.717) is 0 Å². The molecule has 6 heteroatoms. The lowest BCUT2D eigenvalue weighted by molar-refractivity contribution is 0.150. The molecular weight excluding hydrogens is 212 g/mol. The highest BCUT2D eigenvalue weighted by Gasteiger charge is 2.17. The summed E-state index contributed by atoms with van der Waals surface area (Å²) in [6.45, 7) is 0. The predicted molar refractivity (Wildman–Crippen MR) is 47.9 cm³/mol. The Morgan fingerprint density at radius 1 is 1.64 bits per heavy atom. The molecule has 0 radical (unpaired) electrons. The Hall–Kier alpha value is -1.41. The molecule has 1 aromatic rings. The molecule has 1 aromatic heterocycles. The first-order valence-corrected chi connectivity index (χ1v) is 4.17. The van der Waals surface area contributed by atoms with Crippen LogP contribution in [0.4, 0.5) is 14.6 Å². The predicted octanol–water partition coefficient (Wildman–Crippen LogP) is 2.21. The van der Waals surface area contributed by atoms with Gasteiger partial charge in [-0.3, -0.25) is 0 Å². The lowest BCUT2D eigenvalue weighted by Gasteiger charge is -2.08. The van der Waals surface area contributed by atoms with Crippen molar-refractivity contribution in [3.05, 3.63) is 22.9 Å². The van der Waals surface area contributed by atoms with Gasteiger partial charge in [0.15, 0.2) is 0 Å². The summed E-state index contributed by atoms with van der Waals surface area (Å²) >= 11 is 5.45. The van der Waals surface area contributed by atoms with E-state index in [9.17, 15) is 8.78 Å². The van der Waals surface area contributed by atoms with Crippen LogP contribution in [-0.4, -0.2) is 4.98 Å². The van der Waals surface area contributed by atoms with Gasteiger partial charge in [-0.25, -0.2) is 13.8 Å². The van der Waals surface area contributed by atoms with E-state index in [0.717, 1.165) is 6.07 Å². The Morgan fingerprint density at radius 2 is 2.29 bits per heavy atom. The summed E-state index contributed by atoms with van der Waals surface area (Å²) in [5.74, 6) is -0.290. The minimum absolute atomic E-state index is 0.0402. The van der Waals surface area contributed by atoms with Gasteiger partial charge in [-0.15, -0.1) is 11.6 Å². The zero-order chi connectivity index (χ0) is 10.7. The summed E-state index contributed by atoms with van der Waals surface area (Å²) in [7, 11) is 0. The summed E-state index contributed by atoms with van der Waals surface area (Å²) in [5, 5.41) is 8.61. The lowest BCUT2D eigenvalue weighted by atomic mass is 10.1. The Kier molecular flexibility index (Phi) is 3.20. The zero-order valence-electron chi connectivity index (χ0n) is 6.97. The number of hydrogen-bond donors (Lipinski definition) is 1. The number of alkyl halides is 3. The van der Waals surface area contributed by atoms with Crippen LogP contribution >= 0.6 is 11.6 Å². The zero-order valence-corrected chi connectivity index (χ0v) is 7.72. The largest absolute Gasteiger partial charge is 0.384 e. The van der Waals surface area contributed by atoms with Gasteiger partial charge >= 0.3 is 0 Å². The molecule has 0 unspecified atom stereocenters. The van der Waals surface area contributed by atoms with Gasteiger partial charge in [0, 0.05) is 11.1 Å². The highest BCUT2D eigenvalue weighted by Crippen LogP contribution is 2.27. The Morgan fingerprint density at radius 3 is 2.71 bits per heavy atom. The van der Waals surface area contributed by atoms with Gasteiger partial charge < -0.3 is 5.73 Å². The van der Waals surface area contributed by atoms with Crippen LogP contribution in [0.3, 0.4) is 0 Å². The summed E-state index contributed by atoms with van der Waals surface area (Å²) in [6.07, 6.45) is -2.71. The third kappa shape index (κ3) is 1.91. The SMILES string of the molecule is N#Cc1nc(N)cc(C(F)F)c1CCl. The second-order valence-corrected chi connectivity index (χ2v) is 2.78. The molecule has 0 aromatic carbocycles. The minimum Gasteiger partial charge on any atom is -0.384 e. The fourth-order valence-corrected chi connectivity index (χ4v) is 1.32. The molecule has 0 saturated carbocycles. The van der Waals surface area contributed by atoms with Crippen molar-refractivity contribution in [3.8, 4) is 6.07 Å². The van der Waals surface area contributed by atoms with Gasteiger partial charge in [-0.05, 0) is 6.07 Å². The van der Waals surface area contributed by atoms with Crippen LogP contribution in [0.2, 0.25) is 0 Å². The number of nitrogen functional groups attached to an aromatic ring is 1. The van der Waals surface area contributed by atoms with E-state index >= 15 is 0 Å². The van der Waals surface area contributed by atoms with Crippen molar-refractivity contribution in [2.45, 2.75) is 12.3 Å². The van der Waals surface area contributed by atoms with Crippen LogP contribution in [0.25, 0.3) is 0 Å². The standard InChI is InChI=1S/C8H6ClF2N3/c9-2-5-4(8(10)11)1-7(13)14-6(5)3-12/h1,8H,2H2,(H2,13,14). The van der Waals surface area contributed by atoms with Gasteiger partial charge in [0.2, 0.25) is 0 Å². The molecule has 0 spiro atoms. The number of rotatable bonds is 2. The van der Waals surface area contributed by atoms with Gasteiger partial charge in [-0.2, -0.15) is 5.26 Å². The summed E-state index contributed by atoms with van der Waals surface area (Å²) in [5.41, 5.74) is 4.83. The topological polar surface area (TPSA) is 62.7 Å². The van der Waals surface area contributed by atoms with E-state index in [4.69, 9.17) is 22.6 Å². The van der Waals surface area contributed by atoms with Gasteiger partial charge in [0.1, 0.15) is 17.6 Å². The average Bonchev–Trinajstić information content (AvgIpc) is 2.16. The van der Waals surface area contributed by atoms with Crippen LogP contribution < -0.4 is 5.73 Å². The molecule has 0 aliphatic carbocycles. The highest BCUT2D eigenvalue weighted by atomic mass is 35.5. The van der Waals surface area contributed by atoms with Crippen LogP contribution in [-0.2, 0) is 5.88 Å². The third-order valence-corrected chi connectivity index (χ3v) is 1.92. The van der Waals surface area contributed by atoms with Crippen LogP contribution in [0, 0.1) is 11.3 Å². The van der Waals surface area contributed by atoms with Crippen molar-refractivity contribution in [1.29, 1.82) is 5.26 Å². The van der Waals surface area contributed by atoms with Crippen LogP contribution in [0.5, 0.6) is 0 Å². The number of hydrogen-bond acceptors (Lipinski definition) is 3. The van der Waals surface area contributed by atoms with E-state index in [-0.39, 0.29) is 28.5 Å². The molecule has 1 rings (SSSR count). The molecule has 1 heterocycles. The number of anilines is 1. The molecule has 2 N–H and O–H groups in total. The second-order valence-electron chi connectivity index (χ2n) is 2.51. The lowest BCUT2D eigenvalue weighted by Crippen LogP contribution is -2.03. The Labute approximate surface area is 84.1 Å².